The van der Waals surface area contributed by atoms with Crippen molar-refractivity contribution in [3.8, 4) is 0 Å². The minimum Gasteiger partial charge on any atom is -0.408 e. The van der Waals surface area contributed by atoms with Gasteiger partial charge in [0.15, 0.2) is 17.9 Å². The Labute approximate surface area is 216 Å². The van der Waals surface area contributed by atoms with Crippen LogP contribution in [-0.4, -0.2) is 50.6 Å². The number of carbonyl (C=O) groups is 2. The highest BCUT2D eigenvalue weighted by Gasteiger charge is 2.39. The van der Waals surface area contributed by atoms with Crippen molar-refractivity contribution in [1.82, 2.24) is 25.2 Å². The van der Waals surface area contributed by atoms with Crippen LogP contribution in [-0.2, 0) is 35.9 Å². The maximum absolute atomic E-state index is 14.4. The first-order chi connectivity index (χ1) is 18.5. The largest absolute Gasteiger partial charge is 0.433 e. The number of nitrogens with one attached hydrogen (secondary N) is 2. The van der Waals surface area contributed by atoms with Crippen LogP contribution in [0.4, 0.5) is 17.6 Å². The van der Waals surface area contributed by atoms with Crippen LogP contribution in [0, 0.1) is 0 Å². The highest BCUT2D eigenvalue weighted by atomic mass is 19.4. The van der Waals surface area contributed by atoms with Crippen LogP contribution in [0.2, 0.25) is 0 Å². The molecule has 2 unspecified atom stereocenters. The summed E-state index contributed by atoms with van der Waals surface area (Å²) in [6.07, 6.45) is -4.64. The lowest BCUT2D eigenvalue weighted by atomic mass is 10.1. The quantitative estimate of drug-likeness (QED) is 0.454. The van der Waals surface area contributed by atoms with Crippen LogP contribution >= 0.6 is 0 Å². The van der Waals surface area contributed by atoms with Crippen molar-refractivity contribution < 1.29 is 31.6 Å². The number of rotatable bonds is 6. The summed E-state index contributed by atoms with van der Waals surface area (Å²) < 4.78 is 59.6. The van der Waals surface area contributed by atoms with Gasteiger partial charge in [0.05, 0.1) is 11.7 Å². The molecular weight excluding hydrogens is 526 g/mol. The minimum atomic E-state index is -4.65. The third-order valence-corrected chi connectivity index (χ3v) is 6.00. The summed E-state index contributed by atoms with van der Waals surface area (Å²) >= 11 is 0. The van der Waals surface area contributed by atoms with Crippen LogP contribution in [0.25, 0.3) is 11.1 Å². The number of fused-ring (bicyclic) bond motifs is 2. The third-order valence-electron chi connectivity index (χ3n) is 6.00. The molecule has 0 saturated carbocycles. The van der Waals surface area contributed by atoms with Gasteiger partial charge in [0.2, 0.25) is 0 Å². The molecule has 1 aromatic carbocycles. The van der Waals surface area contributed by atoms with Gasteiger partial charge < -0.3 is 15.1 Å². The number of amides is 2. The topological polar surface area (TPSA) is 134 Å². The van der Waals surface area contributed by atoms with Gasteiger partial charge in [-0.3, -0.25) is 19.1 Å². The van der Waals surface area contributed by atoms with Crippen molar-refractivity contribution in [2.45, 2.75) is 31.6 Å². The number of aryl methyl sites for hydroxylation is 1. The Kier molecular flexibility index (Phi) is 6.49. The van der Waals surface area contributed by atoms with Gasteiger partial charge in [-0.15, -0.1) is 0 Å². The summed E-state index contributed by atoms with van der Waals surface area (Å²) in [6, 6.07) is 6.99. The average Bonchev–Trinajstić information content (AvgIpc) is 3.43. The zero-order valence-electron chi connectivity index (χ0n) is 20.1. The van der Waals surface area contributed by atoms with Gasteiger partial charge in [0.1, 0.15) is 17.1 Å². The predicted octanol–water partition coefficient (Wildman–Crippen LogP) is 1.78. The molecule has 0 aliphatic carbocycles. The Morgan fingerprint density at radius 1 is 1.08 bits per heavy atom. The molecule has 15 heteroatoms. The summed E-state index contributed by atoms with van der Waals surface area (Å²) in [5, 5.41) is 9.92. The lowest BCUT2D eigenvalue weighted by Crippen LogP contribution is -2.43. The van der Waals surface area contributed by atoms with Crippen molar-refractivity contribution >= 4 is 34.8 Å². The third kappa shape index (κ3) is 5.15. The number of alkyl halides is 4. The highest BCUT2D eigenvalue weighted by Crippen LogP contribution is 2.28. The van der Waals surface area contributed by atoms with Crippen molar-refractivity contribution in [2.24, 2.45) is 17.1 Å². The number of benzene rings is 1. The summed E-state index contributed by atoms with van der Waals surface area (Å²) in [4.78, 5) is 44.9. The number of hydrazone groups is 1. The number of oxazole rings is 1. The highest BCUT2D eigenvalue weighted by molar-refractivity contribution is 6.44. The molecule has 0 fully saturated rings. The lowest BCUT2D eigenvalue weighted by molar-refractivity contribution is -0.141. The summed E-state index contributed by atoms with van der Waals surface area (Å²) in [5.74, 6) is -2.04. The van der Waals surface area contributed by atoms with E-state index in [9.17, 15) is 31.9 Å². The number of hydrogen-bond donors (Lipinski definition) is 2. The Bertz CT molecular complexity index is 1620. The van der Waals surface area contributed by atoms with Gasteiger partial charge >= 0.3 is 11.9 Å². The lowest BCUT2D eigenvalue weighted by Gasteiger charge is -2.27. The number of aliphatic imine (C=N–C) groups is 1. The number of halogens is 4. The maximum atomic E-state index is 14.4. The number of aromatic nitrogens is 2. The fraction of sp³-hybridized carbons (Fsp3) is 0.250. The van der Waals surface area contributed by atoms with E-state index in [1.54, 1.807) is 18.2 Å². The first kappa shape index (κ1) is 25.8. The number of hydrogen-bond acceptors (Lipinski definition) is 8. The first-order valence-electron chi connectivity index (χ1n) is 11.4. The predicted molar refractivity (Wildman–Crippen MR) is 129 cm³/mol. The molecular formula is C24H19F4N7O4. The molecule has 0 bridgehead atoms. The number of nitrogens with zero attached hydrogens (tertiary/aromatic N) is 5. The van der Waals surface area contributed by atoms with Crippen molar-refractivity contribution in [3.63, 3.8) is 0 Å². The van der Waals surface area contributed by atoms with E-state index in [0.717, 1.165) is 29.6 Å². The molecule has 2 aliphatic heterocycles. The molecule has 0 spiro atoms. The first-order valence-corrected chi connectivity index (χ1v) is 11.4. The van der Waals surface area contributed by atoms with E-state index in [0.29, 0.717) is 16.7 Å². The maximum Gasteiger partial charge on any atom is 0.433 e. The molecule has 3 aromatic rings. The van der Waals surface area contributed by atoms with Gasteiger partial charge in [-0.05, 0) is 35.4 Å². The molecule has 2 amide bonds. The van der Waals surface area contributed by atoms with Crippen LogP contribution in [0.15, 0.2) is 67.6 Å². The standard InChI is InChI=1S/C24H19F4N7O4/c1-34-16-6-12(2-3-18(16)39-23(34)38)9-30-21(36)15-8-17(35-20(33-15)14(25)11-32-35)22(37)31-10-13-4-5-29-19(7-13)24(26,27)28/h2-8,11,14,20H,9-10H2,1H3,(H,30,36)(H,31,37). The molecule has 2 N–H and O–H groups in total. The van der Waals surface area contributed by atoms with Gasteiger partial charge in [-0.1, -0.05) is 6.07 Å². The molecule has 2 aliphatic rings. The Hall–Kier alpha value is -4.82. The molecule has 0 saturated heterocycles. The van der Waals surface area contributed by atoms with Crippen LogP contribution in [0.5, 0.6) is 0 Å². The van der Waals surface area contributed by atoms with Crippen LogP contribution in [0.3, 0.4) is 0 Å². The summed E-state index contributed by atoms with van der Waals surface area (Å²) in [6.45, 7) is -0.267. The van der Waals surface area contributed by atoms with Crippen LogP contribution in [0.1, 0.15) is 16.8 Å². The van der Waals surface area contributed by atoms with E-state index in [4.69, 9.17) is 4.42 Å². The van der Waals surface area contributed by atoms with Gasteiger partial charge in [-0.2, -0.15) is 18.3 Å². The van der Waals surface area contributed by atoms with Gasteiger partial charge in [-0.25, -0.2) is 19.2 Å². The minimum absolute atomic E-state index is 0.0239. The van der Waals surface area contributed by atoms with Crippen molar-refractivity contribution in [2.75, 3.05) is 0 Å². The molecule has 202 valence electrons. The zero-order valence-corrected chi connectivity index (χ0v) is 20.1. The Balaban J connectivity index is 1.31. The molecule has 39 heavy (non-hydrogen) atoms. The number of carbonyl (C=O) groups excluding carboxylic acids is 2. The van der Waals surface area contributed by atoms with E-state index in [1.807, 2.05) is 0 Å². The van der Waals surface area contributed by atoms with E-state index in [-0.39, 0.29) is 30.1 Å². The average molecular weight is 545 g/mol. The number of pyridine rings is 1. The summed E-state index contributed by atoms with van der Waals surface area (Å²) in [7, 11) is 1.54. The molecule has 4 heterocycles. The molecule has 11 nitrogen and oxygen atoms in total. The second kappa shape index (κ2) is 9.81. The van der Waals surface area contributed by atoms with E-state index >= 15 is 0 Å². The van der Waals surface area contributed by atoms with E-state index in [1.165, 1.54) is 17.7 Å². The smallest absolute Gasteiger partial charge is 0.408 e. The molecule has 5 rings (SSSR count). The van der Waals surface area contributed by atoms with Crippen molar-refractivity contribution in [1.29, 1.82) is 0 Å². The van der Waals surface area contributed by atoms with Gasteiger partial charge in [0.25, 0.3) is 11.8 Å². The summed E-state index contributed by atoms with van der Waals surface area (Å²) in [5.41, 5.74) is 0.101. The SMILES string of the molecule is Cn1c(=O)oc2ccc(CNC(=O)C3=NC4C(F)C=NN4C(C(=O)NCc4ccnc(C(F)(F)F)c4)=C3)cc21. The normalized spacial score (nSPS) is 18.5. The van der Waals surface area contributed by atoms with E-state index in [2.05, 4.69) is 25.7 Å². The van der Waals surface area contributed by atoms with E-state index < -0.39 is 41.8 Å². The molecule has 0 radical (unpaired) electrons. The second-order valence-corrected chi connectivity index (χ2v) is 8.65. The fourth-order valence-electron chi connectivity index (χ4n) is 3.98. The molecule has 2 atom stereocenters. The molecule has 2 aromatic heterocycles. The monoisotopic (exact) mass is 545 g/mol. The van der Waals surface area contributed by atoms with Crippen molar-refractivity contribution in [3.05, 3.63) is 75.7 Å². The zero-order chi connectivity index (χ0) is 27.9. The van der Waals surface area contributed by atoms with Crippen LogP contribution < -0.4 is 16.4 Å². The Morgan fingerprint density at radius 2 is 1.79 bits per heavy atom. The Morgan fingerprint density at radius 3 is 2.54 bits per heavy atom. The second-order valence-electron chi connectivity index (χ2n) is 8.65. The fourth-order valence-corrected chi connectivity index (χ4v) is 3.98. The van der Waals surface area contributed by atoms with Gasteiger partial charge in [0, 0.05) is 32.4 Å².